The van der Waals surface area contributed by atoms with Crippen LogP contribution >= 0.6 is 0 Å². The van der Waals surface area contributed by atoms with Crippen LogP contribution in [-0.4, -0.2) is 31.3 Å². The Balaban J connectivity index is 2.35. The zero-order chi connectivity index (χ0) is 16.5. The van der Waals surface area contributed by atoms with Crippen LogP contribution in [0.2, 0.25) is 0 Å². The average Bonchev–Trinajstić information content (AvgIpc) is 2.46. The van der Waals surface area contributed by atoms with E-state index >= 15 is 0 Å². The van der Waals surface area contributed by atoms with Gasteiger partial charge in [0.2, 0.25) is 10.0 Å². The van der Waals surface area contributed by atoms with E-state index in [2.05, 4.69) is 0 Å². The van der Waals surface area contributed by atoms with E-state index in [1.807, 2.05) is 20.8 Å². The van der Waals surface area contributed by atoms with Gasteiger partial charge in [-0.1, -0.05) is 39.3 Å². The summed E-state index contributed by atoms with van der Waals surface area (Å²) in [6, 6.07) is 5.60. The zero-order valence-electron chi connectivity index (χ0n) is 13.2. The van der Waals surface area contributed by atoms with Crippen molar-refractivity contribution in [2.24, 2.45) is 0 Å². The molecule has 0 spiro atoms. The predicted octanol–water partition coefficient (Wildman–Crippen LogP) is 1.28. The molecule has 1 aliphatic rings. The molecule has 1 aromatic carbocycles. The third-order valence-electron chi connectivity index (χ3n) is 4.05. The molecule has 0 radical (unpaired) electrons. The lowest BCUT2D eigenvalue weighted by molar-refractivity contribution is -0.311. The minimum Gasteiger partial charge on any atom is -0.548 e. The number of nitrogens with zero attached hydrogens (tertiary/aromatic N) is 1. The lowest BCUT2D eigenvalue weighted by atomic mass is 9.87. The largest absolute Gasteiger partial charge is 0.548 e. The summed E-state index contributed by atoms with van der Waals surface area (Å²) in [4.78, 5) is 11.3. The van der Waals surface area contributed by atoms with Crippen LogP contribution in [0.1, 0.15) is 45.6 Å². The van der Waals surface area contributed by atoms with Crippen LogP contribution in [0.3, 0.4) is 0 Å². The Morgan fingerprint density at radius 2 is 1.77 bits per heavy atom. The van der Waals surface area contributed by atoms with Crippen molar-refractivity contribution < 1.29 is 18.3 Å². The van der Waals surface area contributed by atoms with E-state index in [1.165, 1.54) is 0 Å². The molecule has 122 valence electrons. The van der Waals surface area contributed by atoms with E-state index in [1.54, 1.807) is 24.3 Å². The topological polar surface area (TPSA) is 77.5 Å². The van der Waals surface area contributed by atoms with Crippen molar-refractivity contribution in [2.75, 3.05) is 6.54 Å². The lowest BCUT2D eigenvalue weighted by Crippen LogP contribution is -2.52. The van der Waals surface area contributed by atoms with Gasteiger partial charge in [-0.05, 0) is 36.0 Å². The summed E-state index contributed by atoms with van der Waals surface area (Å²) in [7, 11) is -3.81. The molecule has 1 fully saturated rings. The number of carboxylic acid groups (broad SMARTS) is 1. The number of aliphatic carboxylic acids is 1. The summed E-state index contributed by atoms with van der Waals surface area (Å²) in [5.41, 5.74) is 0.961. The predicted molar refractivity (Wildman–Crippen MR) is 81.7 cm³/mol. The molecule has 1 aromatic rings. The fourth-order valence-corrected chi connectivity index (χ4v) is 4.34. The summed E-state index contributed by atoms with van der Waals surface area (Å²) in [6.45, 7) is 6.37. The number of hydrogen-bond acceptors (Lipinski definition) is 4. The molecule has 0 bridgehead atoms. The van der Waals surface area contributed by atoms with Gasteiger partial charge in [-0.25, -0.2) is 8.42 Å². The summed E-state index contributed by atoms with van der Waals surface area (Å²) >= 11 is 0. The van der Waals surface area contributed by atoms with Gasteiger partial charge in [0, 0.05) is 6.54 Å². The molecular formula is C16H22NO4S-. The SMILES string of the molecule is CC(C)(C)c1ccc(S(=O)(=O)N2CCCCC2C(=O)[O-])cc1. The van der Waals surface area contributed by atoms with Gasteiger partial charge in [-0.15, -0.1) is 0 Å². The highest BCUT2D eigenvalue weighted by Gasteiger charge is 2.34. The van der Waals surface area contributed by atoms with Crippen molar-refractivity contribution >= 4 is 16.0 Å². The first-order chi connectivity index (χ1) is 10.1. The number of carbonyl (C=O) groups excluding carboxylic acids is 1. The van der Waals surface area contributed by atoms with Crippen LogP contribution in [0.5, 0.6) is 0 Å². The number of carboxylic acids is 1. The second-order valence-electron chi connectivity index (χ2n) is 6.72. The smallest absolute Gasteiger partial charge is 0.243 e. The van der Waals surface area contributed by atoms with Crippen molar-refractivity contribution in [3.63, 3.8) is 0 Å². The van der Waals surface area contributed by atoms with Gasteiger partial charge in [-0.2, -0.15) is 4.31 Å². The monoisotopic (exact) mass is 324 g/mol. The molecule has 1 unspecified atom stereocenters. The zero-order valence-corrected chi connectivity index (χ0v) is 14.0. The first kappa shape index (κ1) is 17.0. The van der Waals surface area contributed by atoms with E-state index in [0.29, 0.717) is 19.3 Å². The molecule has 1 aliphatic heterocycles. The number of piperidine rings is 1. The second-order valence-corrected chi connectivity index (χ2v) is 8.61. The Labute approximate surface area is 132 Å². The van der Waals surface area contributed by atoms with E-state index in [9.17, 15) is 18.3 Å². The van der Waals surface area contributed by atoms with Crippen LogP contribution < -0.4 is 5.11 Å². The number of carbonyl (C=O) groups is 1. The summed E-state index contributed by atoms with van der Waals surface area (Å²) < 4.78 is 26.5. The molecule has 22 heavy (non-hydrogen) atoms. The maximum Gasteiger partial charge on any atom is 0.243 e. The molecule has 0 aliphatic carbocycles. The van der Waals surface area contributed by atoms with Crippen molar-refractivity contribution in [2.45, 2.75) is 56.4 Å². The minimum atomic E-state index is -3.81. The first-order valence-corrected chi connectivity index (χ1v) is 8.91. The van der Waals surface area contributed by atoms with Gasteiger partial charge in [0.05, 0.1) is 16.9 Å². The molecule has 1 heterocycles. The first-order valence-electron chi connectivity index (χ1n) is 7.47. The third kappa shape index (κ3) is 3.33. The highest BCUT2D eigenvalue weighted by Crippen LogP contribution is 2.28. The van der Waals surface area contributed by atoms with E-state index in [4.69, 9.17) is 0 Å². The van der Waals surface area contributed by atoms with Gasteiger partial charge in [0.1, 0.15) is 0 Å². The molecule has 5 nitrogen and oxygen atoms in total. The Hall–Kier alpha value is -1.40. The Bertz CT molecular complexity index is 644. The van der Waals surface area contributed by atoms with Gasteiger partial charge < -0.3 is 9.90 Å². The van der Waals surface area contributed by atoms with Crippen LogP contribution in [0.25, 0.3) is 0 Å². The van der Waals surface area contributed by atoms with Crippen molar-refractivity contribution in [1.29, 1.82) is 0 Å². The molecule has 0 N–H and O–H groups in total. The second kappa shape index (κ2) is 6.01. The van der Waals surface area contributed by atoms with Crippen molar-refractivity contribution in [3.8, 4) is 0 Å². The van der Waals surface area contributed by atoms with Crippen molar-refractivity contribution in [3.05, 3.63) is 29.8 Å². The fraction of sp³-hybridized carbons (Fsp3) is 0.562. The van der Waals surface area contributed by atoms with Crippen LogP contribution in [0.4, 0.5) is 0 Å². The molecule has 1 atom stereocenters. The fourth-order valence-electron chi connectivity index (χ4n) is 2.69. The number of benzene rings is 1. The van der Waals surface area contributed by atoms with E-state index in [0.717, 1.165) is 9.87 Å². The molecule has 0 saturated carbocycles. The van der Waals surface area contributed by atoms with E-state index < -0.39 is 22.0 Å². The highest BCUT2D eigenvalue weighted by atomic mass is 32.2. The Morgan fingerprint density at radius 1 is 1.18 bits per heavy atom. The quantitative estimate of drug-likeness (QED) is 0.839. The standard InChI is InChI=1S/C16H23NO4S/c1-16(2,3)12-7-9-13(10-8-12)22(20,21)17-11-5-4-6-14(17)15(18)19/h7-10,14H,4-6,11H2,1-3H3,(H,18,19)/p-1. The number of hydrogen-bond donors (Lipinski definition) is 0. The maximum atomic E-state index is 12.7. The molecular weight excluding hydrogens is 302 g/mol. The average molecular weight is 324 g/mol. The number of sulfonamides is 1. The van der Waals surface area contributed by atoms with E-state index in [-0.39, 0.29) is 16.9 Å². The molecule has 0 aromatic heterocycles. The van der Waals surface area contributed by atoms with Crippen molar-refractivity contribution in [1.82, 2.24) is 4.31 Å². The molecule has 2 rings (SSSR count). The Kier molecular flexibility index (Phi) is 4.63. The molecule has 6 heteroatoms. The van der Waals surface area contributed by atoms with Crippen LogP contribution in [0.15, 0.2) is 29.2 Å². The third-order valence-corrected chi connectivity index (χ3v) is 5.98. The van der Waals surface area contributed by atoms with Gasteiger partial charge in [-0.3, -0.25) is 0 Å². The maximum absolute atomic E-state index is 12.7. The van der Waals surface area contributed by atoms with Gasteiger partial charge in [0.25, 0.3) is 0 Å². The summed E-state index contributed by atoms with van der Waals surface area (Å²) in [5, 5.41) is 11.2. The normalized spacial score (nSPS) is 20.8. The molecule has 1 saturated heterocycles. The van der Waals surface area contributed by atoms with Crippen LogP contribution in [-0.2, 0) is 20.2 Å². The summed E-state index contributed by atoms with van der Waals surface area (Å²) in [5.74, 6) is -1.32. The lowest BCUT2D eigenvalue weighted by Gasteiger charge is -2.35. The Morgan fingerprint density at radius 3 is 2.27 bits per heavy atom. The number of rotatable bonds is 3. The molecule has 0 amide bonds. The summed E-state index contributed by atoms with van der Waals surface area (Å²) in [6.07, 6.45) is 1.68. The van der Waals surface area contributed by atoms with Crippen LogP contribution in [0, 0.1) is 0 Å². The highest BCUT2D eigenvalue weighted by molar-refractivity contribution is 7.89. The van der Waals surface area contributed by atoms with Gasteiger partial charge in [0.15, 0.2) is 0 Å². The minimum absolute atomic E-state index is 0.0685. The van der Waals surface area contributed by atoms with Gasteiger partial charge >= 0.3 is 0 Å².